The van der Waals surface area contributed by atoms with Gasteiger partial charge in [0.05, 0.1) is 23.2 Å². The van der Waals surface area contributed by atoms with Crippen LogP contribution in [0.25, 0.3) is 0 Å². The number of para-hydroxylation sites is 1. The van der Waals surface area contributed by atoms with Gasteiger partial charge in [-0.05, 0) is 30.7 Å². The van der Waals surface area contributed by atoms with Gasteiger partial charge in [-0.2, -0.15) is 0 Å². The van der Waals surface area contributed by atoms with Gasteiger partial charge in [-0.15, -0.1) is 0 Å². The lowest BCUT2D eigenvalue weighted by Crippen LogP contribution is -2.32. The van der Waals surface area contributed by atoms with Crippen LogP contribution in [0.4, 0.5) is 5.69 Å². The van der Waals surface area contributed by atoms with Gasteiger partial charge in [0.15, 0.2) is 0 Å². The van der Waals surface area contributed by atoms with Gasteiger partial charge in [0.25, 0.3) is 0 Å². The fourth-order valence-electron chi connectivity index (χ4n) is 2.78. The second kappa shape index (κ2) is 6.87. The Morgan fingerprint density at radius 2 is 2.17 bits per heavy atom. The lowest BCUT2D eigenvalue weighted by Gasteiger charge is -2.19. The molecule has 0 radical (unpaired) electrons. The highest BCUT2D eigenvalue weighted by Gasteiger charge is 2.29. The van der Waals surface area contributed by atoms with E-state index in [-0.39, 0.29) is 24.1 Å². The molecule has 1 atom stereocenters. The number of aromatic hydroxyl groups is 1. The molecule has 1 fully saturated rings. The molecular formula is C17H18ClN3O2. The van der Waals surface area contributed by atoms with Gasteiger partial charge in [-0.25, -0.2) is 0 Å². The Bertz CT molecular complexity index is 708. The Kier molecular flexibility index (Phi) is 4.67. The third-order valence-corrected chi connectivity index (χ3v) is 4.37. The summed E-state index contributed by atoms with van der Waals surface area (Å²) in [4.78, 5) is 18.5. The highest BCUT2D eigenvalue weighted by molar-refractivity contribution is 6.33. The molecular weight excluding hydrogens is 314 g/mol. The van der Waals surface area contributed by atoms with Crippen molar-refractivity contribution in [2.45, 2.75) is 13.0 Å². The van der Waals surface area contributed by atoms with E-state index >= 15 is 0 Å². The largest absolute Gasteiger partial charge is 0.506 e. The van der Waals surface area contributed by atoms with Gasteiger partial charge < -0.3 is 15.3 Å². The number of amides is 1. The molecule has 1 aromatic heterocycles. The maximum Gasteiger partial charge on any atom is 0.225 e. The standard InChI is InChI=1S/C17H18ClN3O2/c18-13-4-1-2-5-15(13)21-9-7-12(11-21)17(23)20-10-14-16(22)6-3-8-19-14/h1-6,8,12,22H,7,9-11H2,(H,20,23). The Morgan fingerprint density at radius 1 is 1.35 bits per heavy atom. The van der Waals surface area contributed by atoms with E-state index in [2.05, 4.69) is 15.2 Å². The van der Waals surface area contributed by atoms with Crippen molar-refractivity contribution in [2.75, 3.05) is 18.0 Å². The number of aromatic nitrogens is 1. The molecule has 5 nitrogen and oxygen atoms in total. The Balaban J connectivity index is 1.58. The summed E-state index contributed by atoms with van der Waals surface area (Å²) in [6, 6.07) is 10.9. The highest BCUT2D eigenvalue weighted by atomic mass is 35.5. The van der Waals surface area contributed by atoms with Gasteiger partial charge in [0.2, 0.25) is 5.91 Å². The predicted molar refractivity (Wildman–Crippen MR) is 89.5 cm³/mol. The molecule has 1 saturated heterocycles. The summed E-state index contributed by atoms with van der Waals surface area (Å²) >= 11 is 6.21. The van der Waals surface area contributed by atoms with Crippen LogP contribution in [-0.2, 0) is 11.3 Å². The number of benzene rings is 1. The molecule has 0 bridgehead atoms. The number of pyridine rings is 1. The third-order valence-electron chi connectivity index (χ3n) is 4.05. The van der Waals surface area contributed by atoms with Crippen molar-refractivity contribution in [1.82, 2.24) is 10.3 Å². The van der Waals surface area contributed by atoms with Gasteiger partial charge in [0, 0.05) is 19.3 Å². The molecule has 120 valence electrons. The molecule has 2 heterocycles. The second-order valence-corrected chi connectivity index (χ2v) is 5.98. The summed E-state index contributed by atoms with van der Waals surface area (Å²) in [6.07, 6.45) is 2.38. The third kappa shape index (κ3) is 3.56. The predicted octanol–water partition coefficient (Wildman–Crippen LogP) is 2.58. The maximum atomic E-state index is 12.3. The topological polar surface area (TPSA) is 65.5 Å². The number of hydrogen-bond acceptors (Lipinski definition) is 4. The molecule has 3 rings (SSSR count). The fourth-order valence-corrected chi connectivity index (χ4v) is 3.04. The Labute approximate surface area is 139 Å². The van der Waals surface area contributed by atoms with E-state index in [9.17, 15) is 9.90 Å². The first-order valence-corrected chi connectivity index (χ1v) is 7.93. The summed E-state index contributed by atoms with van der Waals surface area (Å²) in [5.41, 5.74) is 1.44. The molecule has 0 spiro atoms. The van der Waals surface area contributed by atoms with Crippen molar-refractivity contribution < 1.29 is 9.90 Å². The monoisotopic (exact) mass is 331 g/mol. The van der Waals surface area contributed by atoms with Crippen LogP contribution in [0.15, 0.2) is 42.6 Å². The van der Waals surface area contributed by atoms with E-state index in [0.717, 1.165) is 18.7 Å². The van der Waals surface area contributed by atoms with Crippen molar-refractivity contribution in [1.29, 1.82) is 0 Å². The van der Waals surface area contributed by atoms with E-state index in [1.165, 1.54) is 0 Å². The molecule has 1 aromatic carbocycles. The van der Waals surface area contributed by atoms with E-state index in [1.807, 2.05) is 24.3 Å². The normalized spacial score (nSPS) is 17.3. The smallest absolute Gasteiger partial charge is 0.225 e. The second-order valence-electron chi connectivity index (χ2n) is 5.57. The molecule has 2 N–H and O–H groups in total. The van der Waals surface area contributed by atoms with Crippen molar-refractivity contribution in [3.8, 4) is 5.75 Å². The number of anilines is 1. The van der Waals surface area contributed by atoms with E-state index in [0.29, 0.717) is 17.3 Å². The molecule has 0 saturated carbocycles. The fraction of sp³-hybridized carbons (Fsp3) is 0.294. The van der Waals surface area contributed by atoms with Crippen LogP contribution >= 0.6 is 11.6 Å². The minimum absolute atomic E-state index is 0.0235. The molecule has 2 aromatic rings. The summed E-state index contributed by atoms with van der Waals surface area (Å²) in [5.74, 6) is -0.0151. The van der Waals surface area contributed by atoms with Gasteiger partial charge in [0.1, 0.15) is 11.4 Å². The number of rotatable bonds is 4. The maximum absolute atomic E-state index is 12.3. The molecule has 1 amide bonds. The SMILES string of the molecule is O=C(NCc1ncccc1O)C1CCN(c2ccccc2Cl)C1. The molecule has 1 unspecified atom stereocenters. The average molecular weight is 332 g/mol. The molecule has 6 heteroatoms. The minimum Gasteiger partial charge on any atom is -0.506 e. The van der Waals surface area contributed by atoms with Crippen molar-refractivity contribution in [3.05, 3.63) is 53.3 Å². The number of carbonyl (C=O) groups excluding carboxylic acids is 1. The van der Waals surface area contributed by atoms with Crippen LogP contribution in [-0.4, -0.2) is 29.1 Å². The Morgan fingerprint density at radius 3 is 2.96 bits per heavy atom. The summed E-state index contributed by atoms with van der Waals surface area (Å²) in [6.45, 7) is 1.68. The number of nitrogens with zero attached hydrogens (tertiary/aromatic N) is 2. The highest BCUT2D eigenvalue weighted by Crippen LogP contribution is 2.30. The zero-order valence-corrected chi connectivity index (χ0v) is 13.3. The zero-order valence-electron chi connectivity index (χ0n) is 12.6. The first-order valence-electron chi connectivity index (χ1n) is 7.55. The van der Waals surface area contributed by atoms with Crippen LogP contribution < -0.4 is 10.2 Å². The van der Waals surface area contributed by atoms with E-state index in [4.69, 9.17) is 11.6 Å². The van der Waals surface area contributed by atoms with Crippen molar-refractivity contribution in [2.24, 2.45) is 5.92 Å². The number of carbonyl (C=O) groups is 1. The van der Waals surface area contributed by atoms with Gasteiger partial charge in [-0.3, -0.25) is 9.78 Å². The molecule has 1 aliphatic rings. The van der Waals surface area contributed by atoms with Gasteiger partial charge >= 0.3 is 0 Å². The first kappa shape index (κ1) is 15.6. The van der Waals surface area contributed by atoms with Crippen molar-refractivity contribution >= 4 is 23.2 Å². The average Bonchev–Trinajstić information content (AvgIpc) is 3.04. The van der Waals surface area contributed by atoms with Crippen LogP contribution in [0, 0.1) is 5.92 Å². The quantitative estimate of drug-likeness (QED) is 0.903. The lowest BCUT2D eigenvalue weighted by atomic mass is 10.1. The minimum atomic E-state index is -0.0860. The summed E-state index contributed by atoms with van der Waals surface area (Å²) < 4.78 is 0. The van der Waals surface area contributed by atoms with E-state index < -0.39 is 0 Å². The lowest BCUT2D eigenvalue weighted by molar-refractivity contribution is -0.124. The Hall–Kier alpha value is -2.27. The summed E-state index contributed by atoms with van der Waals surface area (Å²) in [5, 5.41) is 13.2. The van der Waals surface area contributed by atoms with Crippen LogP contribution in [0.2, 0.25) is 5.02 Å². The first-order chi connectivity index (χ1) is 11.1. The van der Waals surface area contributed by atoms with Crippen LogP contribution in [0.5, 0.6) is 5.75 Å². The van der Waals surface area contributed by atoms with Crippen LogP contribution in [0.3, 0.4) is 0 Å². The molecule has 1 aliphatic heterocycles. The number of nitrogens with one attached hydrogen (secondary N) is 1. The molecule has 23 heavy (non-hydrogen) atoms. The van der Waals surface area contributed by atoms with Gasteiger partial charge in [-0.1, -0.05) is 23.7 Å². The van der Waals surface area contributed by atoms with Crippen LogP contribution in [0.1, 0.15) is 12.1 Å². The number of hydrogen-bond donors (Lipinski definition) is 2. The number of halogens is 1. The molecule has 0 aliphatic carbocycles. The summed E-state index contributed by atoms with van der Waals surface area (Å²) in [7, 11) is 0. The van der Waals surface area contributed by atoms with E-state index in [1.54, 1.807) is 18.3 Å². The zero-order chi connectivity index (χ0) is 16.2. The van der Waals surface area contributed by atoms with Crippen molar-refractivity contribution in [3.63, 3.8) is 0 Å².